The lowest BCUT2D eigenvalue weighted by molar-refractivity contribution is 0.481. The molecular weight excluding hydrogens is 174 g/mol. The van der Waals surface area contributed by atoms with Gasteiger partial charge in [0.1, 0.15) is 5.75 Å². The Morgan fingerprint density at radius 1 is 1.29 bits per heavy atom. The van der Waals surface area contributed by atoms with Crippen molar-refractivity contribution in [1.82, 2.24) is 4.98 Å². The van der Waals surface area contributed by atoms with E-state index in [2.05, 4.69) is 10.9 Å². The Kier molecular flexibility index (Phi) is 2.08. The molecule has 2 rings (SSSR count). The molecule has 1 aromatic heterocycles. The summed E-state index contributed by atoms with van der Waals surface area (Å²) in [4.78, 5) is 3.96. The van der Waals surface area contributed by atoms with Gasteiger partial charge in [-0.25, -0.2) is 0 Å². The highest BCUT2D eigenvalue weighted by Gasteiger charge is 2.03. The Hall–Kier alpha value is -2.01. The number of aromatic hydroxyl groups is 1. The molecule has 0 saturated carbocycles. The molecule has 2 nitrogen and oxygen atoms in total. The first-order valence-corrected chi connectivity index (χ1v) is 4.31. The molecule has 0 saturated heterocycles. The SMILES string of the molecule is C#CCc1ccc(O)c2cnccc12. The van der Waals surface area contributed by atoms with Gasteiger partial charge in [-0.15, -0.1) is 12.3 Å². The summed E-state index contributed by atoms with van der Waals surface area (Å²) in [6.45, 7) is 0. The van der Waals surface area contributed by atoms with Gasteiger partial charge in [0.2, 0.25) is 0 Å². The van der Waals surface area contributed by atoms with Crippen molar-refractivity contribution >= 4 is 10.8 Å². The molecule has 0 aliphatic rings. The second kappa shape index (κ2) is 3.39. The van der Waals surface area contributed by atoms with Crippen LogP contribution in [-0.4, -0.2) is 10.1 Å². The van der Waals surface area contributed by atoms with Crippen LogP contribution in [0.2, 0.25) is 0 Å². The zero-order valence-corrected chi connectivity index (χ0v) is 7.57. The van der Waals surface area contributed by atoms with E-state index in [-0.39, 0.29) is 5.75 Å². The molecule has 0 unspecified atom stereocenters. The predicted octanol–water partition coefficient (Wildman–Crippen LogP) is 2.12. The van der Waals surface area contributed by atoms with Crippen molar-refractivity contribution in [3.8, 4) is 18.1 Å². The Bertz CT molecular complexity index is 511. The number of rotatable bonds is 1. The van der Waals surface area contributed by atoms with E-state index in [1.54, 1.807) is 18.5 Å². The fourth-order valence-corrected chi connectivity index (χ4v) is 1.50. The number of benzene rings is 1. The number of aromatic nitrogens is 1. The van der Waals surface area contributed by atoms with Gasteiger partial charge in [-0.2, -0.15) is 0 Å². The van der Waals surface area contributed by atoms with Gasteiger partial charge < -0.3 is 5.11 Å². The van der Waals surface area contributed by atoms with Crippen LogP contribution < -0.4 is 0 Å². The van der Waals surface area contributed by atoms with E-state index in [1.807, 2.05) is 12.1 Å². The van der Waals surface area contributed by atoms with E-state index in [4.69, 9.17) is 6.42 Å². The number of phenols is 1. The standard InChI is InChI=1S/C12H9NO/c1-2-3-9-4-5-12(14)11-8-13-7-6-10(9)11/h1,4-8,14H,3H2. The molecule has 2 heteroatoms. The fourth-order valence-electron chi connectivity index (χ4n) is 1.50. The van der Waals surface area contributed by atoms with Crippen molar-refractivity contribution in [2.75, 3.05) is 0 Å². The number of nitrogens with zero attached hydrogens (tertiary/aromatic N) is 1. The molecule has 0 radical (unpaired) electrons. The quantitative estimate of drug-likeness (QED) is 0.687. The van der Waals surface area contributed by atoms with Crippen molar-refractivity contribution in [3.05, 3.63) is 36.2 Å². The van der Waals surface area contributed by atoms with Crippen LogP contribution in [0.15, 0.2) is 30.6 Å². The van der Waals surface area contributed by atoms with Crippen molar-refractivity contribution < 1.29 is 5.11 Å². The molecule has 1 heterocycles. The Morgan fingerprint density at radius 3 is 2.93 bits per heavy atom. The molecule has 0 fully saturated rings. The summed E-state index contributed by atoms with van der Waals surface area (Å²) in [6.07, 6.45) is 9.17. The molecule has 0 atom stereocenters. The lowest BCUT2D eigenvalue weighted by atomic mass is 10.0. The summed E-state index contributed by atoms with van der Waals surface area (Å²) in [5.74, 6) is 2.84. The zero-order valence-electron chi connectivity index (χ0n) is 7.57. The van der Waals surface area contributed by atoms with Gasteiger partial charge in [0, 0.05) is 24.2 Å². The van der Waals surface area contributed by atoms with Crippen LogP contribution in [0.4, 0.5) is 0 Å². The lowest BCUT2D eigenvalue weighted by Crippen LogP contribution is -1.85. The highest BCUT2D eigenvalue weighted by Crippen LogP contribution is 2.26. The maximum Gasteiger partial charge on any atom is 0.124 e. The molecule has 0 amide bonds. The molecule has 0 aliphatic heterocycles. The first-order chi connectivity index (χ1) is 6.83. The van der Waals surface area contributed by atoms with Crippen LogP contribution in [0, 0.1) is 12.3 Å². The highest BCUT2D eigenvalue weighted by molar-refractivity contribution is 5.90. The van der Waals surface area contributed by atoms with Crippen LogP contribution in [-0.2, 0) is 6.42 Å². The highest BCUT2D eigenvalue weighted by atomic mass is 16.3. The van der Waals surface area contributed by atoms with E-state index in [0.717, 1.165) is 16.3 Å². The molecule has 14 heavy (non-hydrogen) atoms. The second-order valence-electron chi connectivity index (χ2n) is 3.05. The van der Waals surface area contributed by atoms with E-state index in [0.29, 0.717) is 6.42 Å². The molecule has 1 N–H and O–H groups in total. The summed E-state index contributed by atoms with van der Waals surface area (Å²) in [6, 6.07) is 5.36. The minimum absolute atomic E-state index is 0.244. The molecule has 0 bridgehead atoms. The average Bonchev–Trinajstić information content (AvgIpc) is 2.23. The van der Waals surface area contributed by atoms with Gasteiger partial charge in [0.05, 0.1) is 0 Å². The molecule has 1 aromatic carbocycles. The van der Waals surface area contributed by atoms with Crippen LogP contribution in [0.1, 0.15) is 5.56 Å². The first-order valence-electron chi connectivity index (χ1n) is 4.31. The van der Waals surface area contributed by atoms with Crippen LogP contribution in [0.5, 0.6) is 5.75 Å². The van der Waals surface area contributed by atoms with Crippen LogP contribution in [0.3, 0.4) is 0 Å². The fraction of sp³-hybridized carbons (Fsp3) is 0.0833. The Balaban J connectivity index is 2.76. The number of terminal acetylenes is 1. The predicted molar refractivity (Wildman–Crippen MR) is 55.9 cm³/mol. The van der Waals surface area contributed by atoms with Crippen LogP contribution in [0.25, 0.3) is 10.8 Å². The summed E-state index contributed by atoms with van der Waals surface area (Å²) in [5, 5.41) is 11.3. The lowest BCUT2D eigenvalue weighted by Gasteiger charge is -2.04. The van der Waals surface area contributed by atoms with E-state index < -0.39 is 0 Å². The normalized spacial score (nSPS) is 9.93. The molecule has 68 valence electrons. The summed E-state index contributed by atoms with van der Waals surface area (Å²) in [7, 11) is 0. The molecule has 0 spiro atoms. The third-order valence-corrected chi connectivity index (χ3v) is 2.18. The smallest absolute Gasteiger partial charge is 0.124 e. The number of pyridine rings is 1. The first kappa shape index (κ1) is 8.58. The van der Waals surface area contributed by atoms with Crippen molar-refractivity contribution in [2.45, 2.75) is 6.42 Å². The summed E-state index contributed by atoms with van der Waals surface area (Å²) < 4.78 is 0. The van der Waals surface area contributed by atoms with Crippen molar-refractivity contribution in [2.24, 2.45) is 0 Å². The van der Waals surface area contributed by atoms with E-state index in [9.17, 15) is 5.11 Å². The van der Waals surface area contributed by atoms with Gasteiger partial charge in [-0.1, -0.05) is 6.07 Å². The summed E-state index contributed by atoms with van der Waals surface area (Å²) >= 11 is 0. The van der Waals surface area contributed by atoms with E-state index >= 15 is 0 Å². The number of fused-ring (bicyclic) bond motifs is 1. The third kappa shape index (κ3) is 1.29. The molecule has 0 aliphatic carbocycles. The number of hydrogen-bond acceptors (Lipinski definition) is 2. The monoisotopic (exact) mass is 183 g/mol. The third-order valence-electron chi connectivity index (χ3n) is 2.18. The molecular formula is C12H9NO. The van der Waals surface area contributed by atoms with Crippen molar-refractivity contribution in [3.63, 3.8) is 0 Å². The Morgan fingerprint density at radius 2 is 2.14 bits per heavy atom. The minimum atomic E-state index is 0.244. The van der Waals surface area contributed by atoms with Crippen molar-refractivity contribution in [1.29, 1.82) is 0 Å². The number of hydrogen-bond donors (Lipinski definition) is 1. The van der Waals surface area contributed by atoms with Gasteiger partial charge >= 0.3 is 0 Å². The minimum Gasteiger partial charge on any atom is -0.507 e. The maximum absolute atomic E-state index is 9.57. The van der Waals surface area contributed by atoms with E-state index in [1.165, 1.54) is 0 Å². The van der Waals surface area contributed by atoms with Gasteiger partial charge in [-0.3, -0.25) is 4.98 Å². The van der Waals surface area contributed by atoms with Gasteiger partial charge in [0.25, 0.3) is 0 Å². The number of phenolic OH excluding ortho intramolecular Hbond substituents is 1. The van der Waals surface area contributed by atoms with Gasteiger partial charge in [0.15, 0.2) is 0 Å². The topological polar surface area (TPSA) is 33.1 Å². The van der Waals surface area contributed by atoms with Gasteiger partial charge in [-0.05, 0) is 23.1 Å². The largest absolute Gasteiger partial charge is 0.507 e. The summed E-state index contributed by atoms with van der Waals surface area (Å²) in [5.41, 5.74) is 1.04. The zero-order chi connectivity index (χ0) is 9.97. The molecule has 2 aromatic rings. The maximum atomic E-state index is 9.57. The average molecular weight is 183 g/mol. The second-order valence-corrected chi connectivity index (χ2v) is 3.05. The Labute approximate surface area is 82.2 Å². The van der Waals surface area contributed by atoms with Crippen LogP contribution >= 0.6 is 0 Å².